The number of allylic oxidation sites excluding steroid dienone is 4. The van der Waals surface area contributed by atoms with Crippen LogP contribution in [0.4, 0.5) is 0 Å². The van der Waals surface area contributed by atoms with Gasteiger partial charge in [0.05, 0.1) is 0 Å². The highest BCUT2D eigenvalue weighted by Gasteiger charge is 1.96. The first-order valence-electron chi connectivity index (χ1n) is 8.51. The van der Waals surface area contributed by atoms with Crippen molar-refractivity contribution in [2.24, 2.45) is 5.92 Å². The normalized spacial score (nSPS) is 10.8. The molecule has 0 atom stereocenters. The van der Waals surface area contributed by atoms with Crippen LogP contribution >= 0.6 is 0 Å². The van der Waals surface area contributed by atoms with Gasteiger partial charge in [0, 0.05) is 0 Å². The van der Waals surface area contributed by atoms with Crippen LogP contribution < -0.4 is 4.74 Å². The quantitative estimate of drug-likeness (QED) is 0.293. The van der Waals surface area contributed by atoms with E-state index >= 15 is 0 Å². The molecule has 136 valence electrons. The van der Waals surface area contributed by atoms with Crippen molar-refractivity contribution in [3.8, 4) is 5.75 Å². The molecule has 0 amide bonds. The molecular formula is C23H32O2. The summed E-state index contributed by atoms with van der Waals surface area (Å²) >= 11 is 0. The van der Waals surface area contributed by atoms with Crippen molar-refractivity contribution in [2.45, 2.75) is 27.7 Å². The van der Waals surface area contributed by atoms with E-state index in [2.05, 4.69) is 46.6 Å². The van der Waals surface area contributed by atoms with Crippen LogP contribution in [-0.4, -0.2) is 13.2 Å². The lowest BCUT2D eigenvalue weighted by molar-refractivity contribution is 0.263. The molecule has 0 unspecified atom stereocenters. The van der Waals surface area contributed by atoms with Crippen molar-refractivity contribution in [1.29, 1.82) is 0 Å². The molecule has 2 heteroatoms. The molecule has 0 radical (unpaired) electrons. The first-order chi connectivity index (χ1) is 11.9. The minimum Gasteiger partial charge on any atom is -0.490 e. The summed E-state index contributed by atoms with van der Waals surface area (Å²) in [7, 11) is 0. The standard InChI is InChI=1S/C13H20O.C10H12O/c1-6-10-14-12(5)8-9-13(7-2)11(3)4;1-3-8-11-10-6-4-9(2)5-7-10/h6-9,11H,1,5,10H2,2-4H3;3-7H,1,8H2,2H3/b9-8-,13-7+;. The van der Waals surface area contributed by atoms with Gasteiger partial charge in [0.2, 0.25) is 0 Å². The second kappa shape index (κ2) is 13.9. The van der Waals surface area contributed by atoms with Crippen LogP contribution in [0, 0.1) is 12.8 Å². The Hall–Kier alpha value is -2.48. The zero-order valence-corrected chi connectivity index (χ0v) is 16.1. The summed E-state index contributed by atoms with van der Waals surface area (Å²) in [5.41, 5.74) is 2.53. The summed E-state index contributed by atoms with van der Waals surface area (Å²) in [4.78, 5) is 0. The molecule has 1 aromatic carbocycles. The Morgan fingerprint density at radius 3 is 2.12 bits per heavy atom. The maximum absolute atomic E-state index is 5.29. The number of aryl methyl sites for hydroxylation is 1. The van der Waals surface area contributed by atoms with Crippen LogP contribution in [0.5, 0.6) is 5.75 Å². The zero-order valence-electron chi connectivity index (χ0n) is 16.1. The molecule has 0 aliphatic carbocycles. The Labute approximate surface area is 153 Å². The largest absolute Gasteiger partial charge is 0.490 e. The van der Waals surface area contributed by atoms with Gasteiger partial charge >= 0.3 is 0 Å². The lowest BCUT2D eigenvalue weighted by Crippen LogP contribution is -1.91. The van der Waals surface area contributed by atoms with Gasteiger partial charge in [-0.3, -0.25) is 0 Å². The molecule has 0 bridgehead atoms. The van der Waals surface area contributed by atoms with E-state index in [0.717, 1.165) is 5.75 Å². The lowest BCUT2D eigenvalue weighted by Gasteiger charge is -2.06. The fourth-order valence-corrected chi connectivity index (χ4v) is 1.81. The molecule has 0 heterocycles. The van der Waals surface area contributed by atoms with Crippen molar-refractivity contribution in [3.63, 3.8) is 0 Å². The summed E-state index contributed by atoms with van der Waals surface area (Å²) in [5.74, 6) is 2.10. The molecule has 25 heavy (non-hydrogen) atoms. The average Bonchev–Trinajstić information content (AvgIpc) is 2.60. The van der Waals surface area contributed by atoms with Gasteiger partial charge in [-0.1, -0.05) is 75.6 Å². The number of ether oxygens (including phenoxy) is 2. The fraction of sp³-hybridized carbons (Fsp3) is 0.304. The molecule has 1 rings (SSSR count). The minimum absolute atomic E-state index is 0.510. The maximum atomic E-state index is 5.29. The van der Waals surface area contributed by atoms with Gasteiger partial charge in [0.15, 0.2) is 0 Å². The summed E-state index contributed by atoms with van der Waals surface area (Å²) in [6, 6.07) is 7.97. The van der Waals surface area contributed by atoms with Crippen LogP contribution in [0.15, 0.2) is 85.7 Å². The van der Waals surface area contributed by atoms with Crippen molar-refractivity contribution >= 4 is 0 Å². The van der Waals surface area contributed by atoms with Crippen LogP contribution in [0.1, 0.15) is 26.3 Å². The summed E-state index contributed by atoms with van der Waals surface area (Å²) < 4.78 is 10.5. The van der Waals surface area contributed by atoms with Gasteiger partial charge in [-0.2, -0.15) is 0 Å². The Balaban J connectivity index is 0.000000472. The molecule has 2 nitrogen and oxygen atoms in total. The van der Waals surface area contributed by atoms with Gasteiger partial charge in [0.1, 0.15) is 24.7 Å². The molecule has 0 saturated carbocycles. The molecular weight excluding hydrogens is 308 g/mol. The lowest BCUT2D eigenvalue weighted by atomic mass is 10.0. The predicted molar refractivity (Wildman–Crippen MR) is 110 cm³/mol. The minimum atomic E-state index is 0.510. The average molecular weight is 341 g/mol. The highest BCUT2D eigenvalue weighted by molar-refractivity contribution is 5.26. The maximum Gasteiger partial charge on any atom is 0.119 e. The zero-order chi connectivity index (χ0) is 19.1. The molecule has 0 aliphatic rings. The molecule has 0 aromatic heterocycles. The third-order valence-corrected chi connectivity index (χ3v) is 3.24. The van der Waals surface area contributed by atoms with Crippen LogP contribution in [0.3, 0.4) is 0 Å². The number of benzene rings is 1. The third kappa shape index (κ3) is 11.7. The van der Waals surface area contributed by atoms with Gasteiger partial charge in [-0.25, -0.2) is 0 Å². The molecule has 0 spiro atoms. The van der Waals surface area contributed by atoms with Crippen LogP contribution in [0.25, 0.3) is 0 Å². The first-order valence-corrected chi connectivity index (χ1v) is 8.51. The molecule has 0 aliphatic heterocycles. The van der Waals surface area contributed by atoms with Gasteiger partial charge < -0.3 is 9.47 Å². The Kier molecular flexibility index (Phi) is 12.5. The SMILES string of the molecule is C=CCOC(=C)/C=C\C(=C/C)C(C)C.C=CCOc1ccc(C)cc1. The Morgan fingerprint density at radius 1 is 1.04 bits per heavy atom. The highest BCUT2D eigenvalue weighted by Crippen LogP contribution is 2.12. The summed E-state index contributed by atoms with van der Waals surface area (Å²) in [6.45, 7) is 20.4. The first kappa shape index (κ1) is 22.5. The van der Waals surface area contributed by atoms with Crippen molar-refractivity contribution < 1.29 is 9.47 Å². The fourth-order valence-electron chi connectivity index (χ4n) is 1.81. The second-order valence-corrected chi connectivity index (χ2v) is 5.76. The molecule has 0 fully saturated rings. The van der Waals surface area contributed by atoms with Gasteiger partial charge in [-0.15, -0.1) is 0 Å². The molecule has 1 aromatic rings. The number of hydrogen-bond acceptors (Lipinski definition) is 2. The number of rotatable bonds is 9. The third-order valence-electron chi connectivity index (χ3n) is 3.24. The molecule has 0 saturated heterocycles. The Morgan fingerprint density at radius 2 is 1.64 bits per heavy atom. The van der Waals surface area contributed by atoms with E-state index in [4.69, 9.17) is 9.47 Å². The van der Waals surface area contributed by atoms with Gasteiger partial charge in [-0.05, 0) is 43.5 Å². The van der Waals surface area contributed by atoms with Crippen molar-refractivity contribution in [2.75, 3.05) is 13.2 Å². The second-order valence-electron chi connectivity index (χ2n) is 5.76. The smallest absolute Gasteiger partial charge is 0.119 e. The van der Waals surface area contributed by atoms with Crippen LogP contribution in [-0.2, 0) is 4.74 Å². The van der Waals surface area contributed by atoms with Crippen molar-refractivity contribution in [3.05, 3.63) is 91.3 Å². The van der Waals surface area contributed by atoms with Crippen LogP contribution in [0.2, 0.25) is 0 Å². The molecule has 0 N–H and O–H groups in total. The van der Waals surface area contributed by atoms with E-state index in [0.29, 0.717) is 24.9 Å². The predicted octanol–water partition coefficient (Wildman–Crippen LogP) is 6.42. The summed E-state index contributed by atoms with van der Waals surface area (Å²) in [6.07, 6.45) is 9.47. The van der Waals surface area contributed by atoms with E-state index in [9.17, 15) is 0 Å². The highest BCUT2D eigenvalue weighted by atomic mass is 16.5. The summed E-state index contributed by atoms with van der Waals surface area (Å²) in [5, 5.41) is 0. The number of hydrogen-bond donors (Lipinski definition) is 0. The van der Waals surface area contributed by atoms with Gasteiger partial charge in [0.25, 0.3) is 0 Å². The van der Waals surface area contributed by atoms with E-state index < -0.39 is 0 Å². The Bertz CT molecular complexity index is 575. The topological polar surface area (TPSA) is 18.5 Å². The van der Waals surface area contributed by atoms with E-state index in [1.807, 2.05) is 43.3 Å². The van der Waals surface area contributed by atoms with E-state index in [1.165, 1.54) is 11.1 Å². The monoisotopic (exact) mass is 340 g/mol. The van der Waals surface area contributed by atoms with Crippen molar-refractivity contribution in [1.82, 2.24) is 0 Å². The van der Waals surface area contributed by atoms with E-state index in [-0.39, 0.29) is 0 Å². The van der Waals surface area contributed by atoms with E-state index in [1.54, 1.807) is 12.2 Å².